The maximum atomic E-state index is 5.28. The van der Waals surface area contributed by atoms with Crippen LogP contribution in [-0.4, -0.2) is 9.97 Å². The number of aromatic nitrogens is 2. The topological polar surface area (TPSA) is 50.5 Å². The van der Waals surface area contributed by atoms with E-state index in [1.54, 1.807) is 0 Å². The predicted molar refractivity (Wildman–Crippen MR) is 182 cm³/mol. The van der Waals surface area contributed by atoms with Crippen molar-refractivity contribution in [2.24, 2.45) is 9.98 Å². The second-order valence-electron chi connectivity index (χ2n) is 10.0. The summed E-state index contributed by atoms with van der Waals surface area (Å²) < 4.78 is 4.09. The van der Waals surface area contributed by atoms with E-state index in [0.29, 0.717) is 0 Å². The first-order chi connectivity index (χ1) is 20.4. The van der Waals surface area contributed by atoms with Gasteiger partial charge in [0, 0.05) is 29.0 Å². The lowest BCUT2D eigenvalue weighted by atomic mass is 9.93. The second kappa shape index (κ2) is 11.6. The summed E-state index contributed by atoms with van der Waals surface area (Å²) in [6.07, 6.45) is 0. The van der Waals surface area contributed by atoms with E-state index < -0.39 is 0 Å². The van der Waals surface area contributed by atoms with Crippen molar-refractivity contribution >= 4 is 74.8 Å². The number of hydrogen-bond acceptors (Lipinski definition) is 4. The summed E-state index contributed by atoms with van der Waals surface area (Å²) in [6, 6.07) is 36.7. The van der Waals surface area contributed by atoms with E-state index in [9.17, 15) is 0 Å². The molecule has 1 aliphatic rings. The number of hydrogen-bond donors (Lipinski definition) is 0. The average molecular weight is 804 g/mol. The lowest BCUT2D eigenvalue weighted by Gasteiger charge is -2.24. The van der Waals surface area contributed by atoms with Crippen LogP contribution in [0.1, 0.15) is 23.2 Å². The van der Waals surface area contributed by atoms with Crippen LogP contribution >= 0.6 is 63.7 Å². The first kappa shape index (κ1) is 27.8. The molecule has 204 valence electrons. The highest BCUT2D eigenvalue weighted by Crippen LogP contribution is 2.37. The number of rotatable bonds is 4. The van der Waals surface area contributed by atoms with Crippen LogP contribution in [0.25, 0.3) is 33.5 Å². The van der Waals surface area contributed by atoms with E-state index in [1.807, 2.05) is 36.4 Å². The molecule has 0 bridgehead atoms. The molecule has 2 atom stereocenters. The molecule has 2 unspecified atom stereocenters. The maximum absolute atomic E-state index is 5.28. The number of halogens is 4. The van der Waals surface area contributed by atoms with Crippen molar-refractivity contribution < 1.29 is 0 Å². The van der Waals surface area contributed by atoms with Crippen molar-refractivity contribution in [1.29, 1.82) is 0 Å². The Morgan fingerprint density at radius 1 is 0.405 bits per heavy atom. The zero-order valence-electron chi connectivity index (χ0n) is 21.8. The molecule has 2 heterocycles. The quantitative estimate of drug-likeness (QED) is 0.178. The summed E-state index contributed by atoms with van der Waals surface area (Å²) in [5.41, 5.74) is 7.40. The molecule has 0 N–H and O–H groups in total. The lowest BCUT2D eigenvalue weighted by molar-refractivity contribution is 0.536. The Kier molecular flexibility index (Phi) is 7.65. The molecule has 42 heavy (non-hydrogen) atoms. The largest absolute Gasteiger partial charge is 0.272 e. The van der Waals surface area contributed by atoms with Crippen molar-refractivity contribution in [2.45, 2.75) is 12.1 Å². The fourth-order valence-electron chi connectivity index (χ4n) is 5.18. The highest BCUT2D eigenvalue weighted by molar-refractivity contribution is 9.11. The van der Waals surface area contributed by atoms with Crippen LogP contribution in [-0.2, 0) is 0 Å². The molecule has 6 aromatic rings. The molecule has 0 aliphatic carbocycles. The lowest BCUT2D eigenvalue weighted by Crippen LogP contribution is -2.33. The monoisotopic (exact) mass is 800 g/mol. The van der Waals surface area contributed by atoms with E-state index in [0.717, 1.165) is 73.3 Å². The van der Waals surface area contributed by atoms with E-state index in [-0.39, 0.29) is 12.1 Å². The third-order valence-corrected chi connectivity index (χ3v) is 9.39. The van der Waals surface area contributed by atoms with Gasteiger partial charge in [0.05, 0.1) is 33.1 Å². The number of nitrogens with zero attached hydrogens (tertiary/aromatic N) is 4. The van der Waals surface area contributed by atoms with Gasteiger partial charge in [0.25, 0.3) is 0 Å². The van der Waals surface area contributed by atoms with Gasteiger partial charge >= 0.3 is 0 Å². The summed E-state index contributed by atoms with van der Waals surface area (Å²) in [6.45, 7) is 0. The van der Waals surface area contributed by atoms with Gasteiger partial charge in [0.15, 0.2) is 0 Å². The second-order valence-corrected chi connectivity index (χ2v) is 13.7. The summed E-state index contributed by atoms with van der Waals surface area (Å²) in [7, 11) is 0. The van der Waals surface area contributed by atoms with Crippen LogP contribution < -0.4 is 10.7 Å². The molecule has 1 aliphatic heterocycles. The Morgan fingerprint density at radius 3 is 1.05 bits per heavy atom. The number of fused-ring (bicyclic) bond motifs is 2. The summed E-state index contributed by atoms with van der Waals surface area (Å²) >= 11 is 14.2. The first-order valence-electron chi connectivity index (χ1n) is 13.2. The van der Waals surface area contributed by atoms with Gasteiger partial charge < -0.3 is 0 Å². The first-order valence-corrected chi connectivity index (χ1v) is 16.4. The van der Waals surface area contributed by atoms with E-state index in [2.05, 4.69) is 137 Å². The SMILES string of the molecule is Brc1ccc(-c2nc3cc4c(cc3nc2-c2ccc(Br)cc2)=NC(c2ccc(Br)cc2)C(c2ccc(Br)cc2)N=4)cc1. The van der Waals surface area contributed by atoms with Crippen LogP contribution in [0, 0.1) is 0 Å². The maximum Gasteiger partial charge on any atom is 0.102 e. The van der Waals surface area contributed by atoms with Gasteiger partial charge in [0.1, 0.15) is 12.1 Å². The van der Waals surface area contributed by atoms with Crippen LogP contribution in [0.3, 0.4) is 0 Å². The Bertz CT molecular complexity index is 1910. The number of benzene rings is 5. The Morgan fingerprint density at radius 2 is 0.714 bits per heavy atom. The van der Waals surface area contributed by atoms with Crippen LogP contribution in [0.15, 0.2) is 137 Å². The van der Waals surface area contributed by atoms with Crippen LogP contribution in [0.5, 0.6) is 0 Å². The summed E-state index contributed by atoms with van der Waals surface area (Å²) in [5, 5.41) is 1.63. The summed E-state index contributed by atoms with van der Waals surface area (Å²) in [5.74, 6) is 0. The van der Waals surface area contributed by atoms with Gasteiger partial charge in [-0.2, -0.15) is 0 Å². The van der Waals surface area contributed by atoms with Crippen molar-refractivity contribution in [1.82, 2.24) is 9.97 Å². The molecule has 0 radical (unpaired) electrons. The standard InChI is InChI=1S/C34H20Br4N4/c35-23-9-1-19(2-10-23)31-32(20-3-11-24(36)12-4-20)40-28-18-30-29(17-27(28)39-31)41-33(21-5-13-25(37)14-6-21)34(42-30)22-7-15-26(38)16-8-22/h1-18,31-32H. The molecule has 0 amide bonds. The van der Waals surface area contributed by atoms with Gasteiger partial charge in [0.2, 0.25) is 0 Å². The van der Waals surface area contributed by atoms with Crippen molar-refractivity contribution in [2.75, 3.05) is 0 Å². The zero-order chi connectivity index (χ0) is 28.8. The van der Waals surface area contributed by atoms with Crippen LogP contribution in [0.2, 0.25) is 0 Å². The predicted octanol–water partition coefficient (Wildman–Crippen LogP) is 9.75. The van der Waals surface area contributed by atoms with Gasteiger partial charge in [-0.05, 0) is 71.8 Å². The van der Waals surface area contributed by atoms with Gasteiger partial charge in [-0.3, -0.25) is 9.98 Å². The minimum atomic E-state index is -0.176. The Hall–Kier alpha value is -3.04. The molecule has 8 heteroatoms. The Balaban J connectivity index is 1.46. The molecule has 4 nitrogen and oxygen atoms in total. The van der Waals surface area contributed by atoms with Crippen molar-refractivity contribution in [3.05, 3.63) is 149 Å². The average Bonchev–Trinajstić information content (AvgIpc) is 3.00. The molecule has 0 saturated carbocycles. The van der Waals surface area contributed by atoms with Gasteiger partial charge in [-0.15, -0.1) is 0 Å². The smallest absolute Gasteiger partial charge is 0.102 e. The minimum Gasteiger partial charge on any atom is -0.272 e. The van der Waals surface area contributed by atoms with Gasteiger partial charge in [-0.1, -0.05) is 112 Å². The van der Waals surface area contributed by atoms with Crippen molar-refractivity contribution in [3.8, 4) is 22.5 Å². The summed E-state index contributed by atoms with van der Waals surface area (Å²) in [4.78, 5) is 20.9. The molecule has 0 fully saturated rings. The molecule has 5 aromatic carbocycles. The normalized spacial score (nSPS) is 16.0. The van der Waals surface area contributed by atoms with E-state index >= 15 is 0 Å². The zero-order valence-corrected chi connectivity index (χ0v) is 28.2. The molecule has 0 spiro atoms. The molecule has 0 saturated heterocycles. The highest BCUT2D eigenvalue weighted by Gasteiger charge is 2.27. The molecule has 7 rings (SSSR count). The molecular weight excluding hydrogens is 784 g/mol. The molecular formula is C34H20Br4N4. The van der Waals surface area contributed by atoms with E-state index in [1.165, 1.54) is 0 Å². The highest BCUT2D eigenvalue weighted by atomic mass is 79.9. The van der Waals surface area contributed by atoms with E-state index in [4.69, 9.17) is 20.0 Å². The minimum absolute atomic E-state index is 0.176. The van der Waals surface area contributed by atoms with Gasteiger partial charge in [-0.25, -0.2) is 9.97 Å². The Labute approximate surface area is 276 Å². The van der Waals surface area contributed by atoms with Crippen molar-refractivity contribution in [3.63, 3.8) is 0 Å². The third kappa shape index (κ3) is 5.53. The molecule has 1 aromatic heterocycles. The fourth-order valence-corrected chi connectivity index (χ4v) is 6.24. The van der Waals surface area contributed by atoms with Crippen LogP contribution in [0.4, 0.5) is 0 Å². The third-order valence-electron chi connectivity index (χ3n) is 7.27. The fraction of sp³-hybridized carbons (Fsp3) is 0.0588.